The van der Waals surface area contributed by atoms with Gasteiger partial charge in [-0.15, -0.1) is 0 Å². The summed E-state index contributed by atoms with van der Waals surface area (Å²) < 4.78 is 6.07. The predicted molar refractivity (Wildman–Crippen MR) is 77.8 cm³/mol. The molecule has 6 heteroatoms. The zero-order valence-corrected chi connectivity index (χ0v) is 12.6. The van der Waals surface area contributed by atoms with Crippen molar-refractivity contribution in [3.63, 3.8) is 0 Å². The van der Waals surface area contributed by atoms with Crippen molar-refractivity contribution < 1.29 is 19.4 Å². The first-order valence-electron chi connectivity index (χ1n) is 6.38. The van der Waals surface area contributed by atoms with E-state index in [0.29, 0.717) is 30.7 Å². The number of rotatable bonds is 4. The molecule has 2 N–H and O–H groups in total. The van der Waals surface area contributed by atoms with Gasteiger partial charge in [-0.3, -0.25) is 9.59 Å². The largest absolute Gasteiger partial charge is 0.495 e. The van der Waals surface area contributed by atoms with Crippen molar-refractivity contribution in [1.82, 2.24) is 0 Å². The number of methoxy groups -OCH3 is 1. The predicted octanol–water partition coefficient (Wildman–Crippen LogP) is 2.90. The van der Waals surface area contributed by atoms with E-state index in [9.17, 15) is 9.59 Å². The molecule has 108 valence electrons. The van der Waals surface area contributed by atoms with Crippen LogP contribution in [-0.2, 0) is 9.59 Å². The number of carbonyl (C=O) groups is 2. The normalized spacial score (nSPS) is 21.5. The molecule has 2 unspecified atom stereocenters. The summed E-state index contributed by atoms with van der Waals surface area (Å²) in [5.74, 6) is -1.04. The minimum Gasteiger partial charge on any atom is -0.495 e. The molecule has 1 aliphatic rings. The first-order chi connectivity index (χ1) is 9.51. The Morgan fingerprint density at radius 2 is 2.05 bits per heavy atom. The maximum Gasteiger partial charge on any atom is 0.306 e. The molecule has 1 aromatic rings. The van der Waals surface area contributed by atoms with Crippen molar-refractivity contribution >= 4 is 33.5 Å². The molecule has 1 amide bonds. The number of carboxylic acid groups (broad SMARTS) is 1. The van der Waals surface area contributed by atoms with Gasteiger partial charge in [-0.05, 0) is 37.5 Å². The van der Waals surface area contributed by atoms with Crippen LogP contribution in [0.4, 0.5) is 5.69 Å². The Kier molecular flexibility index (Phi) is 4.65. The van der Waals surface area contributed by atoms with E-state index in [1.807, 2.05) is 6.07 Å². The summed E-state index contributed by atoms with van der Waals surface area (Å²) in [5, 5.41) is 11.8. The van der Waals surface area contributed by atoms with Gasteiger partial charge >= 0.3 is 5.97 Å². The number of halogens is 1. The molecule has 0 saturated heterocycles. The Morgan fingerprint density at radius 1 is 1.35 bits per heavy atom. The molecule has 0 radical (unpaired) electrons. The smallest absolute Gasteiger partial charge is 0.306 e. The molecule has 2 atom stereocenters. The lowest BCUT2D eigenvalue weighted by Crippen LogP contribution is -2.22. The zero-order chi connectivity index (χ0) is 14.7. The van der Waals surface area contributed by atoms with Crippen LogP contribution >= 0.6 is 15.9 Å². The van der Waals surface area contributed by atoms with Crippen molar-refractivity contribution in [3.8, 4) is 5.75 Å². The van der Waals surface area contributed by atoms with E-state index in [2.05, 4.69) is 21.2 Å². The highest BCUT2D eigenvalue weighted by Gasteiger charge is 2.34. The van der Waals surface area contributed by atoms with Crippen LogP contribution in [0.25, 0.3) is 0 Å². The molecular formula is C14H16BrNO4. The lowest BCUT2D eigenvalue weighted by molar-refractivity contribution is -0.141. The standard InChI is InChI=1S/C14H16BrNO4/c1-20-12-7-10(15)4-5-11(12)16-13(17)8-2-3-9(6-8)14(18)19/h4-5,7-9H,2-3,6H2,1H3,(H,16,17)(H,18,19). The highest BCUT2D eigenvalue weighted by atomic mass is 79.9. The highest BCUT2D eigenvalue weighted by Crippen LogP contribution is 2.33. The molecule has 1 aliphatic carbocycles. The van der Waals surface area contributed by atoms with E-state index in [1.54, 1.807) is 12.1 Å². The molecule has 0 bridgehead atoms. The first-order valence-corrected chi connectivity index (χ1v) is 7.17. The van der Waals surface area contributed by atoms with Crippen LogP contribution in [0.1, 0.15) is 19.3 Å². The van der Waals surface area contributed by atoms with Crippen LogP contribution < -0.4 is 10.1 Å². The molecule has 1 saturated carbocycles. The molecule has 0 aliphatic heterocycles. The summed E-state index contributed by atoms with van der Waals surface area (Å²) in [5.41, 5.74) is 0.597. The van der Waals surface area contributed by atoms with Gasteiger partial charge < -0.3 is 15.2 Å². The summed E-state index contributed by atoms with van der Waals surface area (Å²) in [6.45, 7) is 0. The summed E-state index contributed by atoms with van der Waals surface area (Å²) in [4.78, 5) is 23.1. The molecule has 0 heterocycles. The maximum atomic E-state index is 12.2. The van der Waals surface area contributed by atoms with Crippen LogP contribution in [0.3, 0.4) is 0 Å². The third-order valence-corrected chi connectivity index (χ3v) is 4.07. The van der Waals surface area contributed by atoms with Crippen molar-refractivity contribution in [2.75, 3.05) is 12.4 Å². The Morgan fingerprint density at radius 3 is 2.65 bits per heavy atom. The van der Waals surface area contributed by atoms with Crippen LogP contribution in [0.5, 0.6) is 5.75 Å². The van der Waals surface area contributed by atoms with Crippen LogP contribution in [0.2, 0.25) is 0 Å². The fourth-order valence-electron chi connectivity index (χ4n) is 2.45. The van der Waals surface area contributed by atoms with E-state index < -0.39 is 11.9 Å². The molecule has 1 fully saturated rings. The van der Waals surface area contributed by atoms with Crippen molar-refractivity contribution in [1.29, 1.82) is 0 Å². The van der Waals surface area contributed by atoms with Gasteiger partial charge in [-0.1, -0.05) is 15.9 Å². The van der Waals surface area contributed by atoms with Gasteiger partial charge in [-0.25, -0.2) is 0 Å². The number of carbonyl (C=O) groups excluding carboxylic acids is 1. The number of nitrogens with one attached hydrogen (secondary N) is 1. The Labute approximate surface area is 125 Å². The van der Waals surface area contributed by atoms with E-state index in [4.69, 9.17) is 9.84 Å². The fraction of sp³-hybridized carbons (Fsp3) is 0.429. The monoisotopic (exact) mass is 341 g/mol. The summed E-state index contributed by atoms with van der Waals surface area (Å²) in [6, 6.07) is 5.33. The average molecular weight is 342 g/mol. The number of benzene rings is 1. The topological polar surface area (TPSA) is 75.6 Å². The number of anilines is 1. The van der Waals surface area contributed by atoms with Crippen molar-refractivity contribution in [2.45, 2.75) is 19.3 Å². The van der Waals surface area contributed by atoms with Crippen LogP contribution in [-0.4, -0.2) is 24.1 Å². The Balaban J connectivity index is 2.04. The van der Waals surface area contributed by atoms with Gasteiger partial charge in [0.2, 0.25) is 5.91 Å². The Bertz CT molecular complexity index is 532. The SMILES string of the molecule is COc1cc(Br)ccc1NC(=O)C1CCC(C(=O)O)C1. The van der Waals surface area contributed by atoms with Crippen molar-refractivity contribution in [3.05, 3.63) is 22.7 Å². The molecule has 1 aromatic carbocycles. The van der Waals surface area contributed by atoms with Gasteiger partial charge in [-0.2, -0.15) is 0 Å². The minimum atomic E-state index is -0.818. The van der Waals surface area contributed by atoms with Crippen LogP contribution in [0.15, 0.2) is 22.7 Å². The zero-order valence-electron chi connectivity index (χ0n) is 11.1. The number of ether oxygens (including phenoxy) is 1. The van der Waals surface area contributed by atoms with E-state index in [0.717, 1.165) is 4.47 Å². The number of amides is 1. The number of aliphatic carboxylic acids is 1. The average Bonchev–Trinajstić information content (AvgIpc) is 2.90. The summed E-state index contributed by atoms with van der Waals surface area (Å²) >= 11 is 3.34. The number of hydrogen-bond acceptors (Lipinski definition) is 3. The Hall–Kier alpha value is -1.56. The third-order valence-electron chi connectivity index (χ3n) is 3.57. The van der Waals surface area contributed by atoms with Crippen LogP contribution in [0, 0.1) is 11.8 Å². The van der Waals surface area contributed by atoms with Gasteiger partial charge in [0.1, 0.15) is 5.75 Å². The third kappa shape index (κ3) is 3.30. The second kappa shape index (κ2) is 6.26. The summed E-state index contributed by atoms with van der Waals surface area (Å²) in [7, 11) is 1.54. The lowest BCUT2D eigenvalue weighted by atomic mass is 10.0. The minimum absolute atomic E-state index is 0.144. The van der Waals surface area contributed by atoms with Gasteiger partial charge in [0.25, 0.3) is 0 Å². The second-order valence-corrected chi connectivity index (χ2v) is 5.79. The van der Waals surface area contributed by atoms with Gasteiger partial charge in [0, 0.05) is 10.4 Å². The van der Waals surface area contributed by atoms with Crippen molar-refractivity contribution in [2.24, 2.45) is 11.8 Å². The number of carboxylic acids is 1. The molecule has 2 rings (SSSR count). The van der Waals surface area contributed by atoms with E-state index in [1.165, 1.54) is 7.11 Å². The highest BCUT2D eigenvalue weighted by molar-refractivity contribution is 9.10. The fourth-order valence-corrected chi connectivity index (χ4v) is 2.79. The quantitative estimate of drug-likeness (QED) is 0.882. The van der Waals surface area contributed by atoms with Gasteiger partial charge in [0.05, 0.1) is 18.7 Å². The summed E-state index contributed by atoms with van der Waals surface area (Å²) in [6.07, 6.45) is 1.58. The number of hydrogen-bond donors (Lipinski definition) is 2. The van der Waals surface area contributed by atoms with E-state index >= 15 is 0 Å². The first kappa shape index (κ1) is 14.8. The molecular weight excluding hydrogens is 326 g/mol. The second-order valence-electron chi connectivity index (χ2n) is 4.88. The molecule has 20 heavy (non-hydrogen) atoms. The molecule has 0 spiro atoms. The lowest BCUT2D eigenvalue weighted by Gasteiger charge is -2.13. The maximum absolute atomic E-state index is 12.2. The molecule has 5 nitrogen and oxygen atoms in total. The van der Waals surface area contributed by atoms with E-state index in [-0.39, 0.29) is 11.8 Å². The van der Waals surface area contributed by atoms with Gasteiger partial charge in [0.15, 0.2) is 0 Å². The molecule has 0 aromatic heterocycles.